The second kappa shape index (κ2) is 7.59. The van der Waals surface area contributed by atoms with E-state index < -0.39 is 11.9 Å². The summed E-state index contributed by atoms with van der Waals surface area (Å²) in [7, 11) is 3.36. The van der Waals surface area contributed by atoms with Crippen LogP contribution in [-0.4, -0.2) is 52.8 Å². The molecular formula is C20H21N5O4. The number of hydrogen-bond acceptors (Lipinski definition) is 7. The molecule has 3 heterocycles. The van der Waals surface area contributed by atoms with Crippen LogP contribution in [0.4, 0.5) is 5.82 Å². The fraction of sp³-hybridized carbons (Fsp3) is 0.350. The Kier molecular flexibility index (Phi) is 4.98. The number of imide groups is 1. The topological polar surface area (TPSA) is 114 Å². The summed E-state index contributed by atoms with van der Waals surface area (Å²) in [5.74, 6) is 0.314. The van der Waals surface area contributed by atoms with E-state index >= 15 is 0 Å². The predicted octanol–water partition coefficient (Wildman–Crippen LogP) is 1.09. The van der Waals surface area contributed by atoms with Gasteiger partial charge < -0.3 is 15.0 Å². The Labute approximate surface area is 167 Å². The van der Waals surface area contributed by atoms with Gasteiger partial charge in [0, 0.05) is 44.3 Å². The number of ether oxygens (including phenoxy) is 1. The summed E-state index contributed by atoms with van der Waals surface area (Å²) < 4.78 is 5.14. The number of nitrogens with zero attached hydrogens (tertiary/aromatic N) is 3. The van der Waals surface area contributed by atoms with Crippen LogP contribution in [0.5, 0.6) is 0 Å². The lowest BCUT2D eigenvalue weighted by Gasteiger charge is -2.29. The van der Waals surface area contributed by atoms with Gasteiger partial charge in [0.2, 0.25) is 11.8 Å². The minimum absolute atomic E-state index is 0.195. The molecule has 2 aliphatic rings. The van der Waals surface area contributed by atoms with Gasteiger partial charge in [0.25, 0.3) is 5.91 Å². The lowest BCUT2D eigenvalue weighted by atomic mass is 10.0. The molecule has 9 nitrogen and oxygen atoms in total. The Hall–Kier alpha value is -3.33. The summed E-state index contributed by atoms with van der Waals surface area (Å²) >= 11 is 0. The van der Waals surface area contributed by atoms with Crippen molar-refractivity contribution in [2.75, 3.05) is 19.5 Å². The molecule has 29 heavy (non-hydrogen) atoms. The number of piperidine rings is 1. The van der Waals surface area contributed by atoms with Crippen molar-refractivity contribution in [2.45, 2.75) is 32.0 Å². The first-order valence-electron chi connectivity index (χ1n) is 9.32. The predicted molar refractivity (Wildman–Crippen MR) is 104 cm³/mol. The summed E-state index contributed by atoms with van der Waals surface area (Å²) in [5, 5.41) is 5.33. The maximum absolute atomic E-state index is 12.8. The van der Waals surface area contributed by atoms with Gasteiger partial charge in [-0.15, -0.1) is 0 Å². The van der Waals surface area contributed by atoms with E-state index in [-0.39, 0.29) is 24.8 Å². The van der Waals surface area contributed by atoms with E-state index in [1.165, 1.54) is 4.90 Å². The molecule has 0 bridgehead atoms. The number of amides is 3. The molecule has 0 saturated carbocycles. The first kappa shape index (κ1) is 19.0. The van der Waals surface area contributed by atoms with Gasteiger partial charge in [-0.2, -0.15) is 0 Å². The Bertz CT molecular complexity index is 1010. The Morgan fingerprint density at radius 3 is 2.79 bits per heavy atom. The van der Waals surface area contributed by atoms with Gasteiger partial charge in [0.05, 0.1) is 5.69 Å². The molecule has 0 radical (unpaired) electrons. The van der Waals surface area contributed by atoms with E-state index in [0.29, 0.717) is 35.9 Å². The molecule has 1 aromatic heterocycles. The molecule has 9 heteroatoms. The molecule has 150 valence electrons. The van der Waals surface area contributed by atoms with E-state index in [1.807, 2.05) is 18.2 Å². The minimum Gasteiger partial charge on any atom is -0.377 e. The first-order valence-corrected chi connectivity index (χ1v) is 9.32. The van der Waals surface area contributed by atoms with Crippen LogP contribution in [-0.2, 0) is 27.5 Å². The first-order chi connectivity index (χ1) is 14.0. The van der Waals surface area contributed by atoms with Crippen LogP contribution in [0, 0.1) is 0 Å². The highest BCUT2D eigenvalue weighted by Gasteiger charge is 2.39. The van der Waals surface area contributed by atoms with Crippen molar-refractivity contribution in [3.05, 3.63) is 41.2 Å². The zero-order chi connectivity index (χ0) is 20.5. The van der Waals surface area contributed by atoms with Gasteiger partial charge in [0.1, 0.15) is 18.5 Å². The van der Waals surface area contributed by atoms with Crippen LogP contribution in [0.15, 0.2) is 24.3 Å². The number of rotatable bonds is 5. The van der Waals surface area contributed by atoms with Gasteiger partial charge in [-0.25, -0.2) is 9.97 Å². The van der Waals surface area contributed by atoms with Gasteiger partial charge >= 0.3 is 0 Å². The largest absolute Gasteiger partial charge is 0.377 e. The number of carbonyl (C=O) groups is 3. The van der Waals surface area contributed by atoms with Crippen LogP contribution in [0.25, 0.3) is 11.3 Å². The number of hydrogen-bond donors (Lipinski definition) is 2. The minimum atomic E-state index is -0.626. The third-order valence-corrected chi connectivity index (χ3v) is 5.12. The van der Waals surface area contributed by atoms with Gasteiger partial charge in [0.15, 0.2) is 5.82 Å². The smallest absolute Gasteiger partial charge is 0.255 e. The molecule has 0 spiro atoms. The summed E-state index contributed by atoms with van der Waals surface area (Å²) in [4.78, 5) is 46.8. The Morgan fingerprint density at radius 2 is 2.07 bits per heavy atom. The zero-order valence-corrected chi connectivity index (χ0v) is 16.2. The normalized spacial score (nSPS) is 18.6. The quantitative estimate of drug-likeness (QED) is 0.729. The maximum atomic E-state index is 12.8. The van der Waals surface area contributed by atoms with Crippen LogP contribution in [0.1, 0.15) is 34.6 Å². The van der Waals surface area contributed by atoms with Gasteiger partial charge in [-0.1, -0.05) is 6.07 Å². The van der Waals surface area contributed by atoms with E-state index in [9.17, 15) is 14.4 Å². The summed E-state index contributed by atoms with van der Waals surface area (Å²) in [5.41, 5.74) is 2.96. The molecular weight excluding hydrogens is 374 g/mol. The van der Waals surface area contributed by atoms with Crippen molar-refractivity contribution in [2.24, 2.45) is 0 Å². The molecule has 4 rings (SSSR count). The number of carbonyl (C=O) groups excluding carboxylic acids is 3. The number of methoxy groups -OCH3 is 1. The van der Waals surface area contributed by atoms with Crippen LogP contribution >= 0.6 is 0 Å². The average molecular weight is 395 g/mol. The number of benzene rings is 1. The summed E-state index contributed by atoms with van der Waals surface area (Å²) in [6.45, 7) is 0.610. The lowest BCUT2D eigenvalue weighted by Crippen LogP contribution is -2.52. The molecule has 2 aliphatic heterocycles. The second-order valence-electron chi connectivity index (χ2n) is 7.01. The number of fused-ring (bicyclic) bond motifs is 1. The third-order valence-electron chi connectivity index (χ3n) is 5.12. The van der Waals surface area contributed by atoms with Crippen LogP contribution in [0.3, 0.4) is 0 Å². The highest BCUT2D eigenvalue weighted by atomic mass is 16.5. The zero-order valence-electron chi connectivity index (χ0n) is 16.2. The second-order valence-corrected chi connectivity index (χ2v) is 7.01. The average Bonchev–Trinajstić information content (AvgIpc) is 3.03. The van der Waals surface area contributed by atoms with Crippen molar-refractivity contribution in [3.63, 3.8) is 0 Å². The molecule has 0 aliphatic carbocycles. The van der Waals surface area contributed by atoms with E-state index in [4.69, 9.17) is 4.74 Å². The van der Waals surface area contributed by atoms with E-state index in [0.717, 1.165) is 11.1 Å². The Morgan fingerprint density at radius 1 is 1.24 bits per heavy atom. The van der Waals surface area contributed by atoms with E-state index in [2.05, 4.69) is 20.6 Å². The van der Waals surface area contributed by atoms with Crippen LogP contribution in [0.2, 0.25) is 0 Å². The highest BCUT2D eigenvalue weighted by Crippen LogP contribution is 2.31. The number of nitrogens with one attached hydrogen (secondary N) is 2. The molecule has 1 aromatic carbocycles. The van der Waals surface area contributed by atoms with Gasteiger partial charge in [-0.05, 0) is 24.1 Å². The monoisotopic (exact) mass is 395 g/mol. The SMILES string of the molecule is CNc1cc(-c2ccc3c(c2)CN(C2CCC(=O)NC2=O)C3=O)nc(COC)n1. The molecule has 2 aromatic rings. The third kappa shape index (κ3) is 3.56. The lowest BCUT2D eigenvalue weighted by molar-refractivity contribution is -0.136. The molecule has 1 fully saturated rings. The van der Waals surface area contributed by atoms with Crippen LogP contribution < -0.4 is 10.6 Å². The molecule has 1 unspecified atom stereocenters. The number of anilines is 1. The van der Waals surface area contributed by atoms with Crippen molar-refractivity contribution in [3.8, 4) is 11.3 Å². The maximum Gasteiger partial charge on any atom is 0.255 e. The number of aromatic nitrogens is 2. The summed E-state index contributed by atoms with van der Waals surface area (Å²) in [6.07, 6.45) is 0.576. The fourth-order valence-electron chi connectivity index (χ4n) is 3.70. The Balaban J connectivity index is 1.63. The molecule has 2 N–H and O–H groups in total. The van der Waals surface area contributed by atoms with Crippen molar-refractivity contribution < 1.29 is 19.1 Å². The van der Waals surface area contributed by atoms with Crippen molar-refractivity contribution in [1.29, 1.82) is 0 Å². The standard InChI is InChI=1S/C20H21N5O4/c1-21-16-8-14(22-17(23-16)10-29-2)11-3-4-13-12(7-11)9-25(20(13)28)15-5-6-18(26)24-19(15)27/h3-4,7-8,15H,5-6,9-10H2,1-2H3,(H,21,22,23)(H,24,26,27). The van der Waals surface area contributed by atoms with Crippen molar-refractivity contribution in [1.82, 2.24) is 20.2 Å². The molecule has 1 atom stereocenters. The molecule has 1 saturated heterocycles. The van der Waals surface area contributed by atoms with E-state index in [1.54, 1.807) is 20.2 Å². The fourth-order valence-corrected chi connectivity index (χ4v) is 3.70. The van der Waals surface area contributed by atoms with Gasteiger partial charge in [-0.3, -0.25) is 19.7 Å². The summed E-state index contributed by atoms with van der Waals surface area (Å²) in [6, 6.07) is 6.71. The molecule has 3 amide bonds. The van der Waals surface area contributed by atoms with Crippen molar-refractivity contribution >= 4 is 23.5 Å². The highest BCUT2D eigenvalue weighted by molar-refractivity contribution is 6.05.